The third kappa shape index (κ3) is 3.24. The van der Waals surface area contributed by atoms with E-state index >= 15 is 0 Å². The van der Waals surface area contributed by atoms with E-state index in [0.717, 1.165) is 31.4 Å². The van der Waals surface area contributed by atoms with Crippen LogP contribution in [0.2, 0.25) is 0 Å². The minimum atomic E-state index is -0.498. The number of anilines is 1. The normalized spacial score (nSPS) is 17.7. The van der Waals surface area contributed by atoms with Crippen LogP contribution in [0.4, 0.5) is 10.1 Å². The Morgan fingerprint density at radius 1 is 1.32 bits per heavy atom. The number of nitrogens with zero attached hydrogens (tertiary/aromatic N) is 1. The minimum Gasteiger partial charge on any atom is -0.396 e. The molecule has 1 aromatic carbocycles. The SMILES string of the molecule is N#Cc1cc(NCC2(CO)CCCCC2)ccc1F. The molecule has 1 saturated carbocycles. The van der Waals surface area contributed by atoms with Crippen LogP contribution in [-0.4, -0.2) is 18.3 Å². The maximum atomic E-state index is 13.2. The van der Waals surface area contributed by atoms with Crippen molar-refractivity contribution in [3.05, 3.63) is 29.6 Å². The zero-order valence-electron chi connectivity index (χ0n) is 11.0. The van der Waals surface area contributed by atoms with Gasteiger partial charge in [-0.3, -0.25) is 0 Å². The van der Waals surface area contributed by atoms with Gasteiger partial charge in [-0.15, -0.1) is 0 Å². The highest BCUT2D eigenvalue weighted by Gasteiger charge is 2.31. The van der Waals surface area contributed by atoms with E-state index in [1.54, 1.807) is 6.07 Å². The summed E-state index contributed by atoms with van der Waals surface area (Å²) in [7, 11) is 0. The molecule has 0 heterocycles. The molecular weight excluding hydrogens is 243 g/mol. The fourth-order valence-corrected chi connectivity index (χ4v) is 2.70. The van der Waals surface area contributed by atoms with E-state index in [9.17, 15) is 9.50 Å². The fraction of sp³-hybridized carbons (Fsp3) is 0.533. The molecular formula is C15H19FN2O. The summed E-state index contributed by atoms with van der Waals surface area (Å²) < 4.78 is 13.2. The molecule has 0 amide bonds. The van der Waals surface area contributed by atoms with E-state index < -0.39 is 5.82 Å². The second kappa shape index (κ2) is 6.03. The predicted molar refractivity (Wildman–Crippen MR) is 72.2 cm³/mol. The summed E-state index contributed by atoms with van der Waals surface area (Å²) in [6, 6.07) is 6.28. The number of nitrogens with one attached hydrogen (secondary N) is 1. The summed E-state index contributed by atoms with van der Waals surface area (Å²) >= 11 is 0. The van der Waals surface area contributed by atoms with Crippen molar-refractivity contribution in [2.45, 2.75) is 32.1 Å². The van der Waals surface area contributed by atoms with Crippen LogP contribution in [0.25, 0.3) is 0 Å². The third-order valence-corrected chi connectivity index (χ3v) is 4.00. The Kier molecular flexibility index (Phi) is 4.39. The van der Waals surface area contributed by atoms with Gasteiger partial charge in [0.25, 0.3) is 0 Å². The van der Waals surface area contributed by atoms with Gasteiger partial charge in [-0.1, -0.05) is 19.3 Å². The standard InChI is InChI=1S/C15H19FN2O/c16-14-5-4-13(8-12(14)9-17)18-10-15(11-19)6-2-1-3-7-15/h4-5,8,18-19H,1-3,6-7,10-11H2. The molecule has 0 radical (unpaired) electrons. The predicted octanol–water partition coefficient (Wildman–Crippen LogP) is 3.05. The number of aliphatic hydroxyl groups excluding tert-OH is 1. The van der Waals surface area contributed by atoms with Gasteiger partial charge in [-0.2, -0.15) is 5.26 Å². The number of nitriles is 1. The maximum absolute atomic E-state index is 13.2. The molecule has 1 fully saturated rings. The quantitative estimate of drug-likeness (QED) is 0.876. The first-order chi connectivity index (χ1) is 9.19. The monoisotopic (exact) mass is 262 g/mol. The van der Waals surface area contributed by atoms with Gasteiger partial charge < -0.3 is 10.4 Å². The Balaban J connectivity index is 2.03. The average molecular weight is 262 g/mol. The summed E-state index contributed by atoms with van der Waals surface area (Å²) in [5.74, 6) is -0.498. The van der Waals surface area contributed by atoms with Gasteiger partial charge in [0.2, 0.25) is 0 Å². The molecule has 4 heteroatoms. The Morgan fingerprint density at radius 3 is 2.68 bits per heavy atom. The molecule has 0 bridgehead atoms. The van der Waals surface area contributed by atoms with Crippen LogP contribution in [0.15, 0.2) is 18.2 Å². The summed E-state index contributed by atoms with van der Waals surface area (Å²) in [6.45, 7) is 0.840. The highest BCUT2D eigenvalue weighted by molar-refractivity contribution is 5.50. The molecule has 2 N–H and O–H groups in total. The van der Waals surface area contributed by atoms with Crippen LogP contribution in [0.3, 0.4) is 0 Å². The molecule has 0 atom stereocenters. The molecule has 0 spiro atoms. The number of hydrogen-bond donors (Lipinski definition) is 2. The highest BCUT2D eigenvalue weighted by atomic mass is 19.1. The van der Waals surface area contributed by atoms with Crippen molar-refractivity contribution in [1.29, 1.82) is 5.26 Å². The van der Waals surface area contributed by atoms with Crippen molar-refractivity contribution >= 4 is 5.69 Å². The Hall–Kier alpha value is -1.60. The topological polar surface area (TPSA) is 56.0 Å². The molecule has 1 aromatic rings. The summed E-state index contributed by atoms with van der Waals surface area (Å²) in [5, 5.41) is 21.6. The Morgan fingerprint density at radius 2 is 2.05 bits per heavy atom. The van der Waals surface area contributed by atoms with Crippen molar-refractivity contribution in [3.8, 4) is 6.07 Å². The van der Waals surface area contributed by atoms with Crippen LogP contribution < -0.4 is 5.32 Å². The molecule has 2 rings (SSSR count). The number of hydrogen-bond acceptors (Lipinski definition) is 3. The van der Waals surface area contributed by atoms with Gasteiger partial charge >= 0.3 is 0 Å². The zero-order chi connectivity index (χ0) is 13.7. The summed E-state index contributed by atoms with van der Waals surface area (Å²) in [6.07, 6.45) is 5.56. The van der Waals surface area contributed by atoms with E-state index in [1.165, 1.54) is 18.6 Å². The first-order valence-corrected chi connectivity index (χ1v) is 6.73. The largest absolute Gasteiger partial charge is 0.396 e. The van der Waals surface area contributed by atoms with Gasteiger partial charge in [0.15, 0.2) is 0 Å². The Labute approximate surface area is 113 Å². The van der Waals surface area contributed by atoms with Gasteiger partial charge in [-0.05, 0) is 31.0 Å². The lowest BCUT2D eigenvalue weighted by atomic mass is 9.74. The van der Waals surface area contributed by atoms with Crippen molar-refractivity contribution in [2.75, 3.05) is 18.5 Å². The first-order valence-electron chi connectivity index (χ1n) is 6.73. The lowest BCUT2D eigenvalue weighted by Gasteiger charge is -2.36. The molecule has 102 valence electrons. The second-order valence-electron chi connectivity index (χ2n) is 5.38. The van der Waals surface area contributed by atoms with Gasteiger partial charge in [0.1, 0.15) is 11.9 Å². The molecule has 1 aliphatic carbocycles. The lowest BCUT2D eigenvalue weighted by molar-refractivity contribution is 0.0944. The third-order valence-electron chi connectivity index (χ3n) is 4.00. The van der Waals surface area contributed by atoms with E-state index in [4.69, 9.17) is 5.26 Å². The molecule has 0 saturated heterocycles. The Bertz CT molecular complexity index is 476. The van der Waals surface area contributed by atoms with Crippen LogP contribution in [0.5, 0.6) is 0 Å². The molecule has 0 aliphatic heterocycles. The summed E-state index contributed by atoms with van der Waals surface area (Å²) in [5.41, 5.74) is 0.711. The first kappa shape index (κ1) is 13.8. The second-order valence-corrected chi connectivity index (χ2v) is 5.38. The van der Waals surface area contributed by atoms with Crippen molar-refractivity contribution in [3.63, 3.8) is 0 Å². The van der Waals surface area contributed by atoms with E-state index in [2.05, 4.69) is 5.32 Å². The highest BCUT2D eigenvalue weighted by Crippen LogP contribution is 2.36. The minimum absolute atomic E-state index is 0.0479. The van der Waals surface area contributed by atoms with Gasteiger partial charge in [-0.25, -0.2) is 4.39 Å². The van der Waals surface area contributed by atoms with Crippen molar-refractivity contribution in [1.82, 2.24) is 0 Å². The van der Waals surface area contributed by atoms with Gasteiger partial charge in [0.05, 0.1) is 12.2 Å². The molecule has 1 aliphatic rings. The van der Waals surface area contributed by atoms with Gasteiger partial charge in [0, 0.05) is 17.6 Å². The smallest absolute Gasteiger partial charge is 0.141 e. The average Bonchev–Trinajstić information content (AvgIpc) is 2.47. The van der Waals surface area contributed by atoms with E-state index in [-0.39, 0.29) is 17.6 Å². The molecule has 0 aromatic heterocycles. The fourth-order valence-electron chi connectivity index (χ4n) is 2.70. The van der Waals surface area contributed by atoms with Crippen molar-refractivity contribution in [2.24, 2.45) is 5.41 Å². The van der Waals surface area contributed by atoms with E-state index in [0.29, 0.717) is 6.54 Å². The number of rotatable bonds is 4. The maximum Gasteiger partial charge on any atom is 0.141 e. The van der Waals surface area contributed by atoms with Crippen LogP contribution in [0.1, 0.15) is 37.7 Å². The summed E-state index contributed by atoms with van der Waals surface area (Å²) in [4.78, 5) is 0. The van der Waals surface area contributed by atoms with Crippen LogP contribution >= 0.6 is 0 Å². The zero-order valence-corrected chi connectivity index (χ0v) is 11.0. The van der Waals surface area contributed by atoms with E-state index in [1.807, 2.05) is 6.07 Å². The number of benzene rings is 1. The van der Waals surface area contributed by atoms with Crippen molar-refractivity contribution < 1.29 is 9.50 Å². The lowest BCUT2D eigenvalue weighted by Crippen LogP contribution is -2.35. The molecule has 3 nitrogen and oxygen atoms in total. The molecule has 0 unspecified atom stereocenters. The van der Waals surface area contributed by atoms with Crippen LogP contribution in [-0.2, 0) is 0 Å². The van der Waals surface area contributed by atoms with Crippen LogP contribution in [0, 0.1) is 22.6 Å². The number of aliphatic hydroxyl groups is 1. The number of halogens is 1. The molecule has 19 heavy (non-hydrogen) atoms.